The standard InChI is InChI=1S/C11H12BrNO3S/c1-13(7-11(15)16-2)10(14)6-4-8-3-5-9(12)17-8/h3-6H,7H2,1-2H3/b6-4+. The van der Waals surface area contributed by atoms with E-state index in [-0.39, 0.29) is 12.5 Å². The molecular weight excluding hydrogens is 306 g/mol. The molecule has 0 radical (unpaired) electrons. The van der Waals surface area contributed by atoms with Crippen LogP contribution in [-0.4, -0.2) is 37.5 Å². The zero-order chi connectivity index (χ0) is 12.8. The first kappa shape index (κ1) is 13.9. The molecule has 0 bridgehead atoms. The van der Waals surface area contributed by atoms with Crippen LogP contribution in [0.2, 0.25) is 0 Å². The van der Waals surface area contributed by atoms with Crippen LogP contribution in [0.1, 0.15) is 4.88 Å². The molecule has 0 saturated heterocycles. The molecule has 92 valence electrons. The summed E-state index contributed by atoms with van der Waals surface area (Å²) in [6.45, 7) is -0.0478. The predicted octanol–water partition coefficient (Wildman–Crippen LogP) is 2.16. The maximum Gasteiger partial charge on any atom is 0.325 e. The van der Waals surface area contributed by atoms with Gasteiger partial charge in [0, 0.05) is 18.0 Å². The zero-order valence-electron chi connectivity index (χ0n) is 9.47. The fourth-order valence-electron chi connectivity index (χ4n) is 1.03. The maximum absolute atomic E-state index is 11.6. The van der Waals surface area contributed by atoms with E-state index in [1.807, 2.05) is 12.1 Å². The Balaban J connectivity index is 2.54. The minimum atomic E-state index is -0.437. The molecule has 1 heterocycles. The van der Waals surface area contributed by atoms with E-state index in [0.717, 1.165) is 8.66 Å². The quantitative estimate of drug-likeness (QED) is 0.631. The molecule has 0 spiro atoms. The topological polar surface area (TPSA) is 46.6 Å². The highest BCUT2D eigenvalue weighted by atomic mass is 79.9. The Bertz CT molecular complexity index is 442. The molecule has 1 rings (SSSR count). The molecule has 4 nitrogen and oxygen atoms in total. The molecule has 6 heteroatoms. The highest BCUT2D eigenvalue weighted by Crippen LogP contribution is 2.22. The Kier molecular flexibility index (Phi) is 5.37. The second kappa shape index (κ2) is 6.56. The number of carbonyl (C=O) groups is 2. The summed E-state index contributed by atoms with van der Waals surface area (Å²) < 4.78 is 5.48. The van der Waals surface area contributed by atoms with Gasteiger partial charge in [-0.25, -0.2) is 0 Å². The molecule has 0 N–H and O–H groups in total. The number of halogens is 1. The smallest absolute Gasteiger partial charge is 0.325 e. The minimum Gasteiger partial charge on any atom is -0.468 e. The second-order valence-electron chi connectivity index (χ2n) is 3.25. The van der Waals surface area contributed by atoms with Crippen molar-refractivity contribution < 1.29 is 14.3 Å². The lowest BCUT2D eigenvalue weighted by atomic mass is 10.4. The van der Waals surface area contributed by atoms with Gasteiger partial charge in [-0.2, -0.15) is 0 Å². The van der Waals surface area contributed by atoms with Gasteiger partial charge in [-0.15, -0.1) is 11.3 Å². The normalized spacial score (nSPS) is 10.5. The van der Waals surface area contributed by atoms with Crippen molar-refractivity contribution in [2.75, 3.05) is 20.7 Å². The number of rotatable bonds is 4. The number of amides is 1. The van der Waals surface area contributed by atoms with Gasteiger partial charge in [-0.3, -0.25) is 9.59 Å². The van der Waals surface area contributed by atoms with Crippen LogP contribution in [-0.2, 0) is 14.3 Å². The minimum absolute atomic E-state index is 0.0478. The summed E-state index contributed by atoms with van der Waals surface area (Å²) >= 11 is 4.87. The lowest BCUT2D eigenvalue weighted by Gasteiger charge is -2.12. The van der Waals surface area contributed by atoms with Crippen molar-refractivity contribution >= 4 is 45.2 Å². The van der Waals surface area contributed by atoms with Crippen LogP contribution in [0.5, 0.6) is 0 Å². The Morgan fingerprint density at radius 1 is 1.53 bits per heavy atom. The molecule has 0 aliphatic heterocycles. The molecule has 0 aliphatic carbocycles. The number of methoxy groups -OCH3 is 1. The first-order valence-electron chi connectivity index (χ1n) is 4.78. The van der Waals surface area contributed by atoms with Gasteiger partial charge in [0.15, 0.2) is 0 Å². The first-order chi connectivity index (χ1) is 8.02. The van der Waals surface area contributed by atoms with E-state index in [1.54, 1.807) is 13.1 Å². The maximum atomic E-state index is 11.6. The van der Waals surface area contributed by atoms with Crippen molar-refractivity contribution in [2.45, 2.75) is 0 Å². The SMILES string of the molecule is COC(=O)CN(C)C(=O)/C=C/c1ccc(Br)s1. The van der Waals surface area contributed by atoms with E-state index in [4.69, 9.17) is 0 Å². The highest BCUT2D eigenvalue weighted by molar-refractivity contribution is 9.11. The van der Waals surface area contributed by atoms with Crippen molar-refractivity contribution in [1.29, 1.82) is 0 Å². The summed E-state index contributed by atoms with van der Waals surface area (Å²) in [7, 11) is 2.84. The van der Waals surface area contributed by atoms with Gasteiger partial charge in [-0.05, 0) is 34.1 Å². The van der Waals surface area contributed by atoms with Gasteiger partial charge >= 0.3 is 5.97 Å². The molecule has 0 atom stereocenters. The van der Waals surface area contributed by atoms with Crippen LogP contribution in [0.3, 0.4) is 0 Å². The molecule has 0 aromatic carbocycles. The number of ether oxygens (including phenoxy) is 1. The number of likely N-dealkylation sites (N-methyl/N-ethyl adjacent to an activating group) is 1. The largest absolute Gasteiger partial charge is 0.468 e. The molecule has 0 unspecified atom stereocenters. The molecule has 0 saturated carbocycles. The van der Waals surface area contributed by atoms with Gasteiger partial charge in [0.05, 0.1) is 10.9 Å². The van der Waals surface area contributed by atoms with Gasteiger partial charge in [0.2, 0.25) is 5.91 Å². The summed E-state index contributed by atoms with van der Waals surface area (Å²) in [6.07, 6.45) is 3.15. The summed E-state index contributed by atoms with van der Waals surface area (Å²) in [4.78, 5) is 24.8. The average molecular weight is 318 g/mol. The molecule has 0 fully saturated rings. The third-order valence-electron chi connectivity index (χ3n) is 1.95. The lowest BCUT2D eigenvalue weighted by molar-refractivity contribution is -0.144. The number of nitrogens with zero attached hydrogens (tertiary/aromatic N) is 1. The molecule has 0 aliphatic rings. The van der Waals surface area contributed by atoms with Crippen LogP contribution < -0.4 is 0 Å². The number of carbonyl (C=O) groups excluding carboxylic acids is 2. The van der Waals surface area contributed by atoms with E-state index in [9.17, 15) is 9.59 Å². The monoisotopic (exact) mass is 317 g/mol. The van der Waals surface area contributed by atoms with E-state index in [1.165, 1.54) is 29.4 Å². The third-order valence-corrected chi connectivity index (χ3v) is 3.54. The zero-order valence-corrected chi connectivity index (χ0v) is 11.9. The van der Waals surface area contributed by atoms with Crippen LogP contribution in [0.15, 0.2) is 22.0 Å². The fraction of sp³-hybridized carbons (Fsp3) is 0.273. The Morgan fingerprint density at radius 2 is 2.24 bits per heavy atom. The predicted molar refractivity (Wildman–Crippen MR) is 70.7 cm³/mol. The van der Waals surface area contributed by atoms with E-state index in [0.29, 0.717) is 0 Å². The number of hydrogen-bond acceptors (Lipinski definition) is 4. The van der Waals surface area contributed by atoms with E-state index in [2.05, 4.69) is 20.7 Å². The van der Waals surface area contributed by atoms with Crippen molar-refractivity contribution in [3.05, 3.63) is 26.9 Å². The third kappa shape index (κ3) is 4.70. The van der Waals surface area contributed by atoms with Crippen molar-refractivity contribution in [3.63, 3.8) is 0 Å². The summed E-state index contributed by atoms with van der Waals surface area (Å²) in [6, 6.07) is 3.81. The van der Waals surface area contributed by atoms with Crippen LogP contribution in [0.4, 0.5) is 0 Å². The summed E-state index contributed by atoms with van der Waals surface area (Å²) in [5, 5.41) is 0. The van der Waals surface area contributed by atoms with Crippen molar-refractivity contribution in [2.24, 2.45) is 0 Å². The molecular formula is C11H12BrNO3S. The molecule has 1 aromatic rings. The Hall–Kier alpha value is -1.14. The number of esters is 1. The average Bonchev–Trinajstić information content (AvgIpc) is 2.71. The Morgan fingerprint density at radius 3 is 2.76 bits per heavy atom. The Labute approximate surface area is 112 Å². The van der Waals surface area contributed by atoms with Gasteiger partial charge in [-0.1, -0.05) is 0 Å². The fourth-order valence-corrected chi connectivity index (χ4v) is 2.36. The summed E-state index contributed by atoms with van der Waals surface area (Å²) in [5.74, 6) is -0.673. The molecule has 17 heavy (non-hydrogen) atoms. The first-order valence-corrected chi connectivity index (χ1v) is 6.39. The second-order valence-corrected chi connectivity index (χ2v) is 5.74. The highest BCUT2D eigenvalue weighted by Gasteiger charge is 2.10. The number of thiophene rings is 1. The van der Waals surface area contributed by atoms with Crippen LogP contribution >= 0.6 is 27.3 Å². The van der Waals surface area contributed by atoms with E-state index >= 15 is 0 Å². The van der Waals surface area contributed by atoms with Gasteiger partial charge in [0.25, 0.3) is 0 Å². The van der Waals surface area contributed by atoms with E-state index < -0.39 is 5.97 Å². The summed E-state index contributed by atoms with van der Waals surface area (Å²) in [5.41, 5.74) is 0. The number of hydrogen-bond donors (Lipinski definition) is 0. The van der Waals surface area contributed by atoms with Crippen molar-refractivity contribution in [3.8, 4) is 0 Å². The molecule has 1 amide bonds. The van der Waals surface area contributed by atoms with Gasteiger partial charge in [0.1, 0.15) is 6.54 Å². The van der Waals surface area contributed by atoms with Gasteiger partial charge < -0.3 is 9.64 Å². The van der Waals surface area contributed by atoms with Crippen LogP contribution in [0, 0.1) is 0 Å². The van der Waals surface area contributed by atoms with Crippen LogP contribution in [0.25, 0.3) is 6.08 Å². The molecule has 1 aromatic heterocycles. The lowest BCUT2D eigenvalue weighted by Crippen LogP contribution is -2.31. The van der Waals surface area contributed by atoms with Crippen molar-refractivity contribution in [1.82, 2.24) is 4.90 Å².